The molecular weight excluding hydrogens is 146 g/mol. The lowest BCUT2D eigenvalue weighted by Gasteiger charge is -2.13. The van der Waals surface area contributed by atoms with Crippen molar-refractivity contribution < 1.29 is 0 Å². The fourth-order valence-corrected chi connectivity index (χ4v) is 1.56. The van der Waals surface area contributed by atoms with Crippen molar-refractivity contribution >= 4 is 0 Å². The normalized spacial score (nSPS) is 13.2. The van der Waals surface area contributed by atoms with Crippen LogP contribution in [-0.4, -0.2) is 6.54 Å². The van der Waals surface area contributed by atoms with Crippen molar-refractivity contribution in [2.45, 2.75) is 58.8 Å². The Morgan fingerprint density at radius 3 is 2.00 bits per heavy atom. The summed E-state index contributed by atoms with van der Waals surface area (Å²) in [7, 11) is 0. The first-order chi connectivity index (χ1) is 5.85. The molecule has 1 unspecified atom stereocenters. The largest absolute Gasteiger partial charge is 0.330 e. The number of unbranched alkanes of at least 4 members (excludes halogenated alkanes) is 3. The first-order valence-electron chi connectivity index (χ1n) is 5.55. The lowest BCUT2D eigenvalue weighted by molar-refractivity contribution is 0.423. The van der Waals surface area contributed by atoms with Gasteiger partial charge in [-0.3, -0.25) is 0 Å². The first kappa shape index (κ1) is 12.0. The minimum absolute atomic E-state index is 0.802. The summed E-state index contributed by atoms with van der Waals surface area (Å²) in [5.74, 6) is 0.802. The van der Waals surface area contributed by atoms with Gasteiger partial charge >= 0.3 is 0 Å². The Labute approximate surface area is 77.7 Å². The maximum Gasteiger partial charge on any atom is -0.00489 e. The van der Waals surface area contributed by atoms with Crippen LogP contribution in [-0.2, 0) is 0 Å². The van der Waals surface area contributed by atoms with E-state index < -0.39 is 0 Å². The molecule has 1 atom stereocenters. The molecule has 2 N–H and O–H groups in total. The van der Waals surface area contributed by atoms with Gasteiger partial charge < -0.3 is 5.73 Å². The van der Waals surface area contributed by atoms with E-state index in [-0.39, 0.29) is 0 Å². The molecule has 0 heterocycles. The summed E-state index contributed by atoms with van der Waals surface area (Å²) in [4.78, 5) is 0. The van der Waals surface area contributed by atoms with Crippen molar-refractivity contribution in [3.8, 4) is 0 Å². The Morgan fingerprint density at radius 2 is 1.50 bits per heavy atom. The average Bonchev–Trinajstić information content (AvgIpc) is 2.11. The minimum Gasteiger partial charge on any atom is -0.330 e. The van der Waals surface area contributed by atoms with Gasteiger partial charge in [0.05, 0.1) is 0 Å². The molecule has 74 valence electrons. The molecule has 0 bridgehead atoms. The van der Waals surface area contributed by atoms with E-state index in [1.165, 1.54) is 44.9 Å². The SMILES string of the molecule is CCCCCC(CN)CCCC. The lowest BCUT2D eigenvalue weighted by atomic mass is 9.96. The topological polar surface area (TPSA) is 26.0 Å². The van der Waals surface area contributed by atoms with Gasteiger partial charge in [-0.05, 0) is 25.3 Å². The standard InChI is InChI=1S/C11H25N/c1-3-5-7-9-11(10-12)8-6-4-2/h11H,3-10,12H2,1-2H3. The number of rotatable bonds is 8. The Kier molecular flexibility index (Phi) is 9.02. The molecule has 1 heteroatoms. The third-order valence-electron chi connectivity index (χ3n) is 2.52. The van der Waals surface area contributed by atoms with Crippen LogP contribution in [0.5, 0.6) is 0 Å². The van der Waals surface area contributed by atoms with Crippen LogP contribution in [0.15, 0.2) is 0 Å². The molecule has 0 aliphatic rings. The summed E-state index contributed by atoms with van der Waals surface area (Å²) < 4.78 is 0. The Morgan fingerprint density at radius 1 is 0.917 bits per heavy atom. The third kappa shape index (κ3) is 6.66. The molecule has 0 aromatic carbocycles. The number of nitrogens with two attached hydrogens (primary N) is 1. The second-order valence-electron chi connectivity index (χ2n) is 3.74. The Balaban J connectivity index is 3.26. The van der Waals surface area contributed by atoms with Crippen molar-refractivity contribution in [1.29, 1.82) is 0 Å². The van der Waals surface area contributed by atoms with Crippen LogP contribution in [0.2, 0.25) is 0 Å². The summed E-state index contributed by atoms with van der Waals surface area (Å²) >= 11 is 0. The van der Waals surface area contributed by atoms with Crippen molar-refractivity contribution in [1.82, 2.24) is 0 Å². The smallest absolute Gasteiger partial charge is 0.00489 e. The van der Waals surface area contributed by atoms with E-state index in [1.54, 1.807) is 0 Å². The van der Waals surface area contributed by atoms with Crippen LogP contribution in [0.1, 0.15) is 58.8 Å². The van der Waals surface area contributed by atoms with E-state index in [1.807, 2.05) is 0 Å². The zero-order chi connectivity index (χ0) is 9.23. The first-order valence-corrected chi connectivity index (χ1v) is 5.55. The molecule has 0 spiro atoms. The molecule has 0 aliphatic carbocycles. The molecule has 0 saturated heterocycles. The van der Waals surface area contributed by atoms with Crippen LogP contribution in [0.25, 0.3) is 0 Å². The second kappa shape index (κ2) is 9.05. The van der Waals surface area contributed by atoms with E-state index in [2.05, 4.69) is 13.8 Å². The highest BCUT2D eigenvalue weighted by molar-refractivity contribution is 4.59. The van der Waals surface area contributed by atoms with Gasteiger partial charge in [0, 0.05) is 0 Å². The summed E-state index contributed by atoms with van der Waals surface area (Å²) in [6.45, 7) is 5.40. The highest BCUT2D eigenvalue weighted by atomic mass is 14.5. The lowest BCUT2D eigenvalue weighted by Crippen LogP contribution is -2.14. The maximum atomic E-state index is 5.70. The van der Waals surface area contributed by atoms with Crippen LogP contribution >= 0.6 is 0 Å². The van der Waals surface area contributed by atoms with Crippen molar-refractivity contribution in [3.63, 3.8) is 0 Å². The van der Waals surface area contributed by atoms with Crippen molar-refractivity contribution in [2.24, 2.45) is 11.7 Å². The molecule has 0 aromatic heterocycles. The highest BCUT2D eigenvalue weighted by Gasteiger charge is 2.04. The third-order valence-corrected chi connectivity index (χ3v) is 2.52. The van der Waals surface area contributed by atoms with E-state index >= 15 is 0 Å². The van der Waals surface area contributed by atoms with Gasteiger partial charge in [0.1, 0.15) is 0 Å². The van der Waals surface area contributed by atoms with Gasteiger partial charge in [0.15, 0.2) is 0 Å². The molecule has 0 rings (SSSR count). The van der Waals surface area contributed by atoms with Crippen molar-refractivity contribution in [3.05, 3.63) is 0 Å². The van der Waals surface area contributed by atoms with Gasteiger partial charge in [0.2, 0.25) is 0 Å². The fraction of sp³-hybridized carbons (Fsp3) is 1.00. The number of hydrogen-bond acceptors (Lipinski definition) is 1. The van der Waals surface area contributed by atoms with Gasteiger partial charge in [-0.25, -0.2) is 0 Å². The highest BCUT2D eigenvalue weighted by Crippen LogP contribution is 2.15. The Bertz CT molecular complexity index is 81.1. The van der Waals surface area contributed by atoms with Gasteiger partial charge in [0.25, 0.3) is 0 Å². The monoisotopic (exact) mass is 171 g/mol. The predicted octanol–water partition coefficient (Wildman–Crippen LogP) is 3.33. The molecule has 12 heavy (non-hydrogen) atoms. The van der Waals surface area contributed by atoms with Crippen LogP contribution in [0.4, 0.5) is 0 Å². The molecule has 0 amide bonds. The van der Waals surface area contributed by atoms with Crippen LogP contribution in [0.3, 0.4) is 0 Å². The predicted molar refractivity (Wildman–Crippen MR) is 56.2 cm³/mol. The number of hydrogen-bond donors (Lipinski definition) is 1. The molecule has 0 fully saturated rings. The summed E-state index contributed by atoms with van der Waals surface area (Å²) in [6.07, 6.45) is 9.44. The summed E-state index contributed by atoms with van der Waals surface area (Å²) in [5, 5.41) is 0. The van der Waals surface area contributed by atoms with Crippen molar-refractivity contribution in [2.75, 3.05) is 6.54 Å². The van der Waals surface area contributed by atoms with Crippen LogP contribution in [0, 0.1) is 5.92 Å². The van der Waals surface area contributed by atoms with E-state index in [9.17, 15) is 0 Å². The quantitative estimate of drug-likeness (QED) is 0.557. The molecule has 0 aliphatic heterocycles. The zero-order valence-corrected chi connectivity index (χ0v) is 8.81. The zero-order valence-electron chi connectivity index (χ0n) is 8.81. The minimum atomic E-state index is 0.802. The van der Waals surface area contributed by atoms with E-state index in [0.717, 1.165) is 12.5 Å². The molecule has 0 radical (unpaired) electrons. The summed E-state index contributed by atoms with van der Waals surface area (Å²) in [5.41, 5.74) is 5.70. The molecule has 1 nitrogen and oxygen atoms in total. The van der Waals surface area contributed by atoms with Gasteiger partial charge in [-0.2, -0.15) is 0 Å². The van der Waals surface area contributed by atoms with Gasteiger partial charge in [-0.1, -0.05) is 46.0 Å². The molecular formula is C11H25N. The van der Waals surface area contributed by atoms with E-state index in [0.29, 0.717) is 0 Å². The molecule has 0 saturated carbocycles. The maximum absolute atomic E-state index is 5.70. The Hall–Kier alpha value is -0.0400. The van der Waals surface area contributed by atoms with Gasteiger partial charge in [-0.15, -0.1) is 0 Å². The average molecular weight is 171 g/mol. The molecule has 0 aromatic rings. The second-order valence-corrected chi connectivity index (χ2v) is 3.74. The summed E-state index contributed by atoms with van der Waals surface area (Å²) in [6, 6.07) is 0. The van der Waals surface area contributed by atoms with Crippen LogP contribution < -0.4 is 5.73 Å². The van der Waals surface area contributed by atoms with E-state index in [4.69, 9.17) is 5.73 Å². The fourth-order valence-electron chi connectivity index (χ4n) is 1.56.